The average Bonchev–Trinajstić information content (AvgIpc) is 3.96. The van der Waals surface area contributed by atoms with E-state index in [9.17, 15) is 37.8 Å². The number of amides is 3. The first-order valence-corrected chi connectivity index (χ1v) is 29.4. The number of nitrogens with zero attached hydrogens (tertiary/aromatic N) is 3. The Labute approximate surface area is 452 Å². The van der Waals surface area contributed by atoms with E-state index in [0.29, 0.717) is 75.8 Å². The molecule has 3 unspecified atom stereocenters. The number of rotatable bonds is 20. The second-order valence-corrected chi connectivity index (χ2v) is 25.6. The van der Waals surface area contributed by atoms with Crippen LogP contribution in [0.5, 0.6) is 17.2 Å². The Bertz CT molecular complexity index is 3180. The van der Waals surface area contributed by atoms with E-state index in [1.165, 1.54) is 28.7 Å². The lowest BCUT2D eigenvalue weighted by Crippen LogP contribution is -2.43. The number of aryl methyl sites for hydroxylation is 1. The number of aliphatic hydroxyl groups is 2. The van der Waals surface area contributed by atoms with Crippen LogP contribution in [0.3, 0.4) is 0 Å². The zero-order valence-corrected chi connectivity index (χ0v) is 46.3. The fourth-order valence-corrected chi connectivity index (χ4v) is 14.7. The van der Waals surface area contributed by atoms with Crippen molar-refractivity contribution in [1.29, 1.82) is 0 Å². The Morgan fingerprint density at radius 1 is 0.750 bits per heavy atom. The molecule has 0 aliphatic carbocycles. The van der Waals surface area contributed by atoms with Crippen molar-refractivity contribution in [3.8, 4) is 17.2 Å². The maximum Gasteiger partial charge on any atom is 0.277 e. The third-order valence-corrected chi connectivity index (χ3v) is 20.1. The molecule has 4 heterocycles. The quantitative estimate of drug-likeness (QED) is 0.0427. The van der Waals surface area contributed by atoms with Gasteiger partial charge in [-0.3, -0.25) is 23.4 Å². The molecule has 4 aliphatic rings. The van der Waals surface area contributed by atoms with E-state index in [1.807, 2.05) is 99.6 Å². The maximum absolute atomic E-state index is 14.2. The van der Waals surface area contributed by atoms with Crippen LogP contribution in [0, 0.1) is 6.92 Å². The topological polar surface area (TPSA) is 190 Å². The van der Waals surface area contributed by atoms with Gasteiger partial charge in [0, 0.05) is 71.4 Å². The Balaban J connectivity index is 0.943. The van der Waals surface area contributed by atoms with Crippen molar-refractivity contribution in [2.24, 2.45) is 0 Å². The molecule has 0 saturated heterocycles. The van der Waals surface area contributed by atoms with Crippen molar-refractivity contribution < 1.29 is 56.2 Å². The lowest BCUT2D eigenvalue weighted by atomic mass is 9.96. The largest absolute Gasteiger partial charge is 0.493 e. The molecule has 5 atom stereocenters. The summed E-state index contributed by atoms with van der Waals surface area (Å²) in [5.41, 5.74) is 8.71. The standard InChI is InChI=1S/C58H65N3O12S3/c1-8-48(62)54(76(68,69)71-7)18-20-74-75-58(3,4)19-17-55(65)59(5)41-23-35(32-72-51-29-39-27-49(63)46-25-37-13-9-11-15-44(37)60(46)56(66)42(39)21-34(51)2)22-36(24-41)33-73-53-30-40-28-50(64)47-26-38-14-10-12-16-45(38)61(47)57(67)43(40)31-52(53)70-6/h9-16,21-24,29-31,46-47,49-50,54,63-64H,8,17-20,25-28,32-33H2,1-7H3/t46-,47-,49?,50?,54?/m0/s1. The van der Waals surface area contributed by atoms with Crippen molar-refractivity contribution in [3.05, 3.63) is 141 Å². The molecule has 2 N–H and O–H groups in total. The average molecular weight is 1090 g/mol. The van der Waals surface area contributed by atoms with Gasteiger partial charge >= 0.3 is 0 Å². The Hall–Kier alpha value is -5.89. The fourth-order valence-electron chi connectivity index (χ4n) is 10.8. The van der Waals surface area contributed by atoms with Gasteiger partial charge in [0.15, 0.2) is 17.3 Å². The van der Waals surface area contributed by atoms with Crippen LogP contribution in [0.2, 0.25) is 0 Å². The van der Waals surface area contributed by atoms with Gasteiger partial charge in [0.25, 0.3) is 21.9 Å². The molecule has 0 aromatic heterocycles. The molecule has 18 heteroatoms. The normalized spacial score (nSPS) is 19.1. The molecule has 76 heavy (non-hydrogen) atoms. The number of benzene rings is 5. The molecule has 402 valence electrons. The van der Waals surface area contributed by atoms with Crippen molar-refractivity contribution in [2.45, 2.75) is 127 Å². The summed E-state index contributed by atoms with van der Waals surface area (Å²) in [4.78, 5) is 60.0. The van der Waals surface area contributed by atoms with Crippen LogP contribution in [0.15, 0.2) is 91.0 Å². The predicted octanol–water partition coefficient (Wildman–Crippen LogP) is 8.76. The first-order chi connectivity index (χ1) is 36.3. The number of ether oxygens (including phenoxy) is 3. The number of ketones is 1. The first-order valence-electron chi connectivity index (χ1n) is 25.6. The van der Waals surface area contributed by atoms with E-state index < -0.39 is 33.6 Å². The van der Waals surface area contributed by atoms with Gasteiger partial charge in [-0.25, -0.2) is 0 Å². The van der Waals surface area contributed by atoms with Gasteiger partial charge in [0.1, 0.15) is 24.2 Å². The highest BCUT2D eigenvalue weighted by atomic mass is 33.1. The lowest BCUT2D eigenvalue weighted by molar-refractivity contribution is -0.119. The van der Waals surface area contributed by atoms with Crippen LogP contribution < -0.4 is 28.9 Å². The molecule has 0 spiro atoms. The third-order valence-electron chi connectivity index (χ3n) is 15.0. The number of para-hydroxylation sites is 2. The number of carbonyl (C=O) groups is 4. The number of anilines is 3. The number of hydrogen-bond donors (Lipinski definition) is 2. The summed E-state index contributed by atoms with van der Waals surface area (Å²) < 4.78 is 48.1. The van der Waals surface area contributed by atoms with E-state index in [4.69, 9.17) is 14.2 Å². The highest BCUT2D eigenvalue weighted by Crippen LogP contribution is 2.43. The summed E-state index contributed by atoms with van der Waals surface area (Å²) in [6.45, 7) is 7.67. The first kappa shape index (κ1) is 54.9. The summed E-state index contributed by atoms with van der Waals surface area (Å²) in [5.74, 6) is 0.762. The maximum atomic E-state index is 14.2. The van der Waals surface area contributed by atoms with E-state index >= 15 is 0 Å². The fraction of sp³-hybridized carbons (Fsp3) is 0.414. The molecule has 15 nitrogen and oxygen atoms in total. The number of Topliss-reactive ketones (excluding diaryl/α,β-unsaturated/α-hetero) is 1. The number of hydrogen-bond acceptors (Lipinski definition) is 14. The zero-order chi connectivity index (χ0) is 54.2. The Kier molecular flexibility index (Phi) is 16.3. The van der Waals surface area contributed by atoms with Crippen molar-refractivity contribution in [3.63, 3.8) is 0 Å². The van der Waals surface area contributed by atoms with Crippen molar-refractivity contribution in [1.82, 2.24) is 0 Å². The van der Waals surface area contributed by atoms with Crippen LogP contribution >= 0.6 is 21.6 Å². The lowest BCUT2D eigenvalue weighted by Gasteiger charge is -2.26. The van der Waals surface area contributed by atoms with Crippen molar-refractivity contribution >= 4 is 72.3 Å². The minimum absolute atomic E-state index is 0.0343. The van der Waals surface area contributed by atoms with Crippen LogP contribution in [-0.4, -0.2) is 103 Å². The molecular formula is C58H65N3O12S3. The van der Waals surface area contributed by atoms with Gasteiger partial charge in [0.2, 0.25) is 5.91 Å². The van der Waals surface area contributed by atoms with Gasteiger partial charge in [-0.05, 0) is 140 Å². The minimum atomic E-state index is -4.01. The second kappa shape index (κ2) is 22.6. The van der Waals surface area contributed by atoms with Crippen molar-refractivity contribution in [2.75, 3.05) is 41.7 Å². The number of fused-ring (bicyclic) bond motifs is 8. The number of aliphatic hydroxyl groups excluding tert-OH is 2. The van der Waals surface area contributed by atoms with Gasteiger partial charge in [-0.1, -0.05) is 64.9 Å². The van der Waals surface area contributed by atoms with Crippen LogP contribution in [0.4, 0.5) is 17.1 Å². The molecule has 0 fully saturated rings. The van der Waals surface area contributed by atoms with Crippen LogP contribution in [0.1, 0.15) is 106 Å². The Morgan fingerprint density at radius 3 is 1.84 bits per heavy atom. The molecule has 3 amide bonds. The zero-order valence-electron chi connectivity index (χ0n) is 43.9. The highest BCUT2D eigenvalue weighted by molar-refractivity contribution is 8.77. The van der Waals surface area contributed by atoms with Gasteiger partial charge in [-0.15, -0.1) is 0 Å². The summed E-state index contributed by atoms with van der Waals surface area (Å²) in [5, 5.41) is 21.8. The van der Waals surface area contributed by atoms with Crippen LogP contribution in [-0.2, 0) is 62.8 Å². The SMILES string of the molecule is CCC(=O)C(CCSSC(C)(C)CCC(=O)N(C)c1cc(COc2cc3c(cc2C)C(=O)N2c4ccccc4C[C@H]2C(O)C3)cc(COc2cc3c(cc2OC)C(=O)N2c4ccccc4C[C@H]2C(O)C3)c1)S(=O)(=O)OC. The molecule has 9 rings (SSSR count). The van der Waals surface area contributed by atoms with Gasteiger partial charge in [0.05, 0.1) is 38.5 Å². The molecule has 0 saturated carbocycles. The van der Waals surface area contributed by atoms with E-state index in [2.05, 4.69) is 4.18 Å². The summed E-state index contributed by atoms with van der Waals surface area (Å²) >= 11 is 0. The van der Waals surface area contributed by atoms with Gasteiger partial charge < -0.3 is 39.1 Å². The second-order valence-electron chi connectivity index (χ2n) is 20.6. The summed E-state index contributed by atoms with van der Waals surface area (Å²) in [7, 11) is 3.27. The predicted molar refractivity (Wildman–Crippen MR) is 297 cm³/mol. The summed E-state index contributed by atoms with van der Waals surface area (Å²) in [6, 6.07) is 27.5. The van der Waals surface area contributed by atoms with Gasteiger partial charge in [-0.2, -0.15) is 8.42 Å². The molecule has 5 aromatic carbocycles. The van der Waals surface area contributed by atoms with Crippen LogP contribution in [0.25, 0.3) is 0 Å². The monoisotopic (exact) mass is 1090 g/mol. The highest BCUT2D eigenvalue weighted by Gasteiger charge is 2.44. The van der Waals surface area contributed by atoms with E-state index in [1.54, 1.807) is 40.8 Å². The summed E-state index contributed by atoms with van der Waals surface area (Å²) in [6.07, 6.45) is 0.906. The molecule has 0 bridgehead atoms. The van der Waals surface area contributed by atoms with E-state index in [-0.39, 0.29) is 79.6 Å². The smallest absolute Gasteiger partial charge is 0.277 e. The van der Waals surface area contributed by atoms with E-state index in [0.717, 1.165) is 40.7 Å². The third kappa shape index (κ3) is 11.3. The molecule has 4 aliphatic heterocycles. The molecule has 0 radical (unpaired) electrons. The number of methoxy groups -OCH3 is 1. The number of carbonyl (C=O) groups excluding carboxylic acids is 4. The Morgan fingerprint density at radius 2 is 1.29 bits per heavy atom. The molecule has 5 aromatic rings. The minimum Gasteiger partial charge on any atom is -0.493 e. The molecular weight excluding hydrogens is 1030 g/mol.